The van der Waals surface area contributed by atoms with Gasteiger partial charge in [0.2, 0.25) is 5.89 Å². The van der Waals surface area contributed by atoms with Crippen LogP contribution in [0.2, 0.25) is 0 Å². The molecule has 3 aliphatic rings. The molecule has 0 spiro atoms. The van der Waals surface area contributed by atoms with Crippen LogP contribution in [0.1, 0.15) is 35.0 Å². The number of piperidine rings is 1. The van der Waals surface area contributed by atoms with Crippen LogP contribution in [-0.2, 0) is 17.7 Å². The molecule has 27 heavy (non-hydrogen) atoms. The van der Waals surface area contributed by atoms with Gasteiger partial charge in [0.25, 0.3) is 5.91 Å². The quantitative estimate of drug-likeness (QED) is 0.758. The second kappa shape index (κ2) is 8.14. The normalized spacial score (nSPS) is 22.8. The average molecular weight is 371 g/mol. The van der Waals surface area contributed by atoms with E-state index in [9.17, 15) is 4.79 Å². The Morgan fingerprint density at radius 2 is 2.22 bits per heavy atom. The zero-order valence-electron chi connectivity index (χ0n) is 15.6. The molecule has 8 nitrogen and oxygen atoms in total. The smallest absolute Gasteiger partial charge is 0.272 e. The van der Waals surface area contributed by atoms with Crippen LogP contribution in [0, 0.1) is 5.92 Å². The van der Waals surface area contributed by atoms with Crippen LogP contribution in [0.5, 0.6) is 0 Å². The van der Waals surface area contributed by atoms with Crippen LogP contribution >= 0.6 is 0 Å². The van der Waals surface area contributed by atoms with E-state index in [1.807, 2.05) is 17.0 Å². The summed E-state index contributed by atoms with van der Waals surface area (Å²) >= 11 is 0. The zero-order chi connectivity index (χ0) is 18.6. The van der Waals surface area contributed by atoms with Gasteiger partial charge in [0.1, 0.15) is 5.69 Å². The fraction of sp³-hybridized carbons (Fsp3) is 0.579. The molecule has 5 heterocycles. The van der Waals surface area contributed by atoms with Crippen molar-refractivity contribution in [1.82, 2.24) is 24.9 Å². The number of amides is 1. The van der Waals surface area contributed by atoms with Crippen LogP contribution in [0.4, 0.5) is 0 Å². The average Bonchev–Trinajstić information content (AvgIpc) is 2.94. The van der Waals surface area contributed by atoms with E-state index in [4.69, 9.17) is 9.26 Å². The topological polar surface area (TPSA) is 84.6 Å². The minimum atomic E-state index is 0.0222. The second-order valence-electron chi connectivity index (χ2n) is 7.30. The number of carbonyl (C=O) groups is 1. The number of hydrogen-bond donors (Lipinski definition) is 0. The van der Waals surface area contributed by atoms with Crippen LogP contribution in [0.25, 0.3) is 0 Å². The van der Waals surface area contributed by atoms with Gasteiger partial charge in [0.15, 0.2) is 5.82 Å². The molecule has 8 heteroatoms. The summed E-state index contributed by atoms with van der Waals surface area (Å²) in [6.45, 7) is 3.67. The monoisotopic (exact) mass is 371 g/mol. The standard InChI is InChI=1S/C19H25N5O3/c1-26-9-7-17-21-18(27-22-17)13-23-10-14-5-6-15(23)12-24(11-14)19(25)16-4-2-3-8-20-16/h2-4,8,14-15H,5-7,9-13H2,1H3/t14-,15-/m1/s1. The Kier molecular flexibility index (Phi) is 5.45. The molecule has 2 bridgehead atoms. The second-order valence-corrected chi connectivity index (χ2v) is 7.30. The predicted molar refractivity (Wildman–Crippen MR) is 96.9 cm³/mol. The number of nitrogens with zero attached hydrogens (tertiary/aromatic N) is 5. The van der Waals surface area contributed by atoms with E-state index in [0.29, 0.717) is 48.9 Å². The van der Waals surface area contributed by atoms with Gasteiger partial charge in [-0.05, 0) is 30.9 Å². The van der Waals surface area contributed by atoms with Gasteiger partial charge < -0.3 is 14.2 Å². The third kappa shape index (κ3) is 4.17. The summed E-state index contributed by atoms with van der Waals surface area (Å²) in [5, 5.41) is 4.02. The summed E-state index contributed by atoms with van der Waals surface area (Å²) in [6, 6.07) is 5.78. The molecule has 0 radical (unpaired) electrons. The number of ether oxygens (including phenoxy) is 1. The van der Waals surface area contributed by atoms with Crippen molar-refractivity contribution in [2.45, 2.75) is 31.8 Å². The Bertz CT molecular complexity index is 766. The minimum Gasteiger partial charge on any atom is -0.384 e. The summed E-state index contributed by atoms with van der Waals surface area (Å²) in [6.07, 6.45) is 4.55. The van der Waals surface area contributed by atoms with Crippen molar-refractivity contribution in [3.05, 3.63) is 41.8 Å². The van der Waals surface area contributed by atoms with Gasteiger partial charge in [-0.3, -0.25) is 14.7 Å². The van der Waals surface area contributed by atoms with E-state index >= 15 is 0 Å². The molecule has 0 aliphatic carbocycles. The van der Waals surface area contributed by atoms with Crippen LogP contribution in [-0.4, -0.2) is 70.2 Å². The molecule has 3 saturated heterocycles. The Morgan fingerprint density at radius 3 is 3.04 bits per heavy atom. The number of pyridine rings is 1. The number of hydrogen-bond acceptors (Lipinski definition) is 7. The SMILES string of the molecule is COCCc1noc(CN2C[C@H]3CC[C@@H]2CN(C(=O)c2ccccn2)C3)n1. The number of carbonyl (C=O) groups excluding carboxylic acids is 1. The van der Waals surface area contributed by atoms with Crippen molar-refractivity contribution in [3.63, 3.8) is 0 Å². The van der Waals surface area contributed by atoms with Gasteiger partial charge in [-0.25, -0.2) is 0 Å². The fourth-order valence-corrected chi connectivity index (χ4v) is 4.01. The van der Waals surface area contributed by atoms with Gasteiger partial charge in [-0.2, -0.15) is 4.98 Å². The lowest BCUT2D eigenvalue weighted by Crippen LogP contribution is -2.44. The third-order valence-electron chi connectivity index (χ3n) is 5.38. The van der Waals surface area contributed by atoms with Crippen LogP contribution < -0.4 is 0 Å². The first-order valence-corrected chi connectivity index (χ1v) is 9.47. The highest BCUT2D eigenvalue weighted by Crippen LogP contribution is 2.29. The highest BCUT2D eigenvalue weighted by atomic mass is 16.5. The van der Waals surface area contributed by atoms with Crippen LogP contribution in [0.3, 0.4) is 0 Å². The molecular weight excluding hydrogens is 346 g/mol. The first-order valence-electron chi connectivity index (χ1n) is 9.47. The summed E-state index contributed by atoms with van der Waals surface area (Å²) in [5.74, 6) is 1.80. The molecule has 2 aromatic heterocycles. The largest absolute Gasteiger partial charge is 0.384 e. The summed E-state index contributed by atoms with van der Waals surface area (Å²) < 4.78 is 10.5. The van der Waals surface area contributed by atoms with Crippen molar-refractivity contribution in [2.75, 3.05) is 33.4 Å². The van der Waals surface area contributed by atoms with Gasteiger partial charge in [0.05, 0.1) is 13.2 Å². The molecule has 1 amide bonds. The Balaban J connectivity index is 1.42. The minimum absolute atomic E-state index is 0.0222. The Hall–Kier alpha value is -2.32. The van der Waals surface area contributed by atoms with Crippen LogP contribution in [0.15, 0.2) is 28.9 Å². The van der Waals surface area contributed by atoms with Crippen molar-refractivity contribution < 1.29 is 14.1 Å². The first kappa shape index (κ1) is 18.1. The lowest BCUT2D eigenvalue weighted by molar-refractivity contribution is 0.0726. The molecule has 144 valence electrons. The maximum Gasteiger partial charge on any atom is 0.272 e. The molecule has 2 aromatic rings. The fourth-order valence-electron chi connectivity index (χ4n) is 4.01. The molecule has 2 atom stereocenters. The highest BCUT2D eigenvalue weighted by molar-refractivity contribution is 5.92. The highest BCUT2D eigenvalue weighted by Gasteiger charge is 2.37. The number of methoxy groups -OCH3 is 1. The maximum absolute atomic E-state index is 12.8. The maximum atomic E-state index is 12.8. The number of fused-ring (bicyclic) bond motifs is 4. The third-order valence-corrected chi connectivity index (χ3v) is 5.38. The Labute approximate surface area is 158 Å². The lowest BCUT2D eigenvalue weighted by atomic mass is 9.95. The molecular formula is C19H25N5O3. The Morgan fingerprint density at radius 1 is 1.30 bits per heavy atom. The van der Waals surface area contributed by atoms with E-state index in [1.54, 1.807) is 19.4 Å². The molecule has 3 aliphatic heterocycles. The molecule has 0 unspecified atom stereocenters. The predicted octanol–water partition coefficient (Wildman–Crippen LogP) is 1.39. The van der Waals surface area contributed by atoms with Gasteiger partial charge in [0, 0.05) is 45.4 Å². The summed E-state index contributed by atoms with van der Waals surface area (Å²) in [4.78, 5) is 25.9. The van der Waals surface area contributed by atoms with Gasteiger partial charge in [-0.1, -0.05) is 11.2 Å². The molecule has 0 aromatic carbocycles. The van der Waals surface area contributed by atoms with E-state index in [-0.39, 0.29) is 5.91 Å². The van der Waals surface area contributed by atoms with Gasteiger partial charge in [-0.15, -0.1) is 0 Å². The van der Waals surface area contributed by atoms with E-state index in [0.717, 1.165) is 32.5 Å². The molecule has 0 N–H and O–H groups in total. The molecule has 3 fully saturated rings. The van der Waals surface area contributed by atoms with E-state index < -0.39 is 0 Å². The summed E-state index contributed by atoms with van der Waals surface area (Å²) in [5.41, 5.74) is 0.519. The molecule has 5 rings (SSSR count). The lowest BCUT2D eigenvalue weighted by Gasteiger charge is -2.34. The van der Waals surface area contributed by atoms with E-state index in [2.05, 4.69) is 20.0 Å². The van der Waals surface area contributed by atoms with Crippen molar-refractivity contribution in [1.29, 1.82) is 0 Å². The van der Waals surface area contributed by atoms with Gasteiger partial charge >= 0.3 is 0 Å². The number of aromatic nitrogens is 3. The van der Waals surface area contributed by atoms with E-state index in [1.165, 1.54) is 0 Å². The first-order chi connectivity index (χ1) is 13.2. The zero-order valence-corrected chi connectivity index (χ0v) is 15.6. The summed E-state index contributed by atoms with van der Waals surface area (Å²) in [7, 11) is 1.66. The van der Waals surface area contributed by atoms with Crippen molar-refractivity contribution in [2.24, 2.45) is 5.92 Å². The molecule has 0 saturated carbocycles. The van der Waals surface area contributed by atoms with Crippen molar-refractivity contribution >= 4 is 5.91 Å². The van der Waals surface area contributed by atoms with Crippen molar-refractivity contribution in [3.8, 4) is 0 Å². The number of rotatable bonds is 6.